The number of likely N-dealkylation sites (N-methyl/N-ethyl adjacent to an activating group) is 2. The van der Waals surface area contributed by atoms with Gasteiger partial charge in [0.15, 0.2) is 5.16 Å². The molecule has 0 spiro atoms. The first-order valence-electron chi connectivity index (χ1n) is 6.11. The van der Waals surface area contributed by atoms with Gasteiger partial charge in [0.25, 0.3) is 0 Å². The van der Waals surface area contributed by atoms with Crippen molar-refractivity contribution in [3.05, 3.63) is 18.5 Å². The molecule has 0 aliphatic carbocycles. The predicted molar refractivity (Wildman–Crippen MR) is 73.7 cm³/mol. The van der Waals surface area contributed by atoms with Gasteiger partial charge in [0.05, 0.1) is 12.3 Å². The van der Waals surface area contributed by atoms with Crippen molar-refractivity contribution in [2.75, 3.05) is 25.4 Å². The summed E-state index contributed by atoms with van der Waals surface area (Å²) in [5.41, 5.74) is 0. The van der Waals surface area contributed by atoms with Crippen LogP contribution in [0.4, 0.5) is 0 Å². The number of nitrogens with one attached hydrogen (secondary N) is 1. The van der Waals surface area contributed by atoms with E-state index in [1.165, 1.54) is 16.7 Å². The van der Waals surface area contributed by atoms with E-state index in [0.717, 1.165) is 0 Å². The Bertz CT molecular complexity index is 413. The zero-order chi connectivity index (χ0) is 14.1. The van der Waals surface area contributed by atoms with Crippen LogP contribution in [-0.4, -0.2) is 52.1 Å². The standard InChI is InChI=1S/C12H18N4O2S/c1-3-13-10(17)8-16(4-2)11(18)9-19-12-14-6-5-7-15-12/h5-7H,3-4,8-9H2,1-2H3,(H,13,17). The Morgan fingerprint density at radius 3 is 2.58 bits per heavy atom. The maximum absolute atomic E-state index is 12.0. The van der Waals surface area contributed by atoms with Crippen LogP contribution in [0.25, 0.3) is 0 Å². The number of nitrogens with zero attached hydrogens (tertiary/aromatic N) is 3. The molecule has 0 saturated carbocycles. The molecule has 0 atom stereocenters. The summed E-state index contributed by atoms with van der Waals surface area (Å²) in [5, 5.41) is 3.23. The molecule has 1 rings (SSSR count). The summed E-state index contributed by atoms with van der Waals surface area (Å²) in [7, 11) is 0. The zero-order valence-corrected chi connectivity index (χ0v) is 11.9. The molecule has 0 bridgehead atoms. The van der Waals surface area contributed by atoms with Crippen LogP contribution >= 0.6 is 11.8 Å². The highest BCUT2D eigenvalue weighted by Crippen LogP contribution is 2.11. The van der Waals surface area contributed by atoms with E-state index in [0.29, 0.717) is 18.2 Å². The Morgan fingerprint density at radius 2 is 2.00 bits per heavy atom. The van der Waals surface area contributed by atoms with Crippen LogP contribution in [0.5, 0.6) is 0 Å². The maximum Gasteiger partial charge on any atom is 0.239 e. The van der Waals surface area contributed by atoms with Crippen molar-refractivity contribution in [2.24, 2.45) is 0 Å². The van der Waals surface area contributed by atoms with Gasteiger partial charge in [-0.05, 0) is 19.9 Å². The first-order chi connectivity index (χ1) is 9.17. The largest absolute Gasteiger partial charge is 0.355 e. The highest BCUT2D eigenvalue weighted by Gasteiger charge is 2.15. The first kappa shape index (κ1) is 15.4. The van der Waals surface area contributed by atoms with Crippen molar-refractivity contribution in [1.29, 1.82) is 0 Å². The summed E-state index contributed by atoms with van der Waals surface area (Å²) in [5.74, 6) is 0.00179. The molecule has 0 aliphatic heterocycles. The van der Waals surface area contributed by atoms with E-state index in [1.54, 1.807) is 18.5 Å². The summed E-state index contributed by atoms with van der Waals surface area (Å²) in [4.78, 5) is 33.0. The molecular formula is C12H18N4O2S. The topological polar surface area (TPSA) is 75.2 Å². The van der Waals surface area contributed by atoms with Crippen LogP contribution in [-0.2, 0) is 9.59 Å². The molecule has 0 unspecified atom stereocenters. The summed E-state index contributed by atoms with van der Waals surface area (Å²) < 4.78 is 0. The minimum absolute atomic E-state index is 0.0915. The van der Waals surface area contributed by atoms with Gasteiger partial charge in [-0.2, -0.15) is 0 Å². The van der Waals surface area contributed by atoms with Crippen molar-refractivity contribution < 1.29 is 9.59 Å². The van der Waals surface area contributed by atoms with E-state index < -0.39 is 0 Å². The number of rotatable bonds is 7. The fraction of sp³-hybridized carbons (Fsp3) is 0.500. The van der Waals surface area contributed by atoms with Crippen molar-refractivity contribution >= 4 is 23.6 Å². The fourth-order valence-electron chi connectivity index (χ4n) is 1.38. The number of carbonyl (C=O) groups excluding carboxylic acids is 2. The zero-order valence-electron chi connectivity index (χ0n) is 11.1. The van der Waals surface area contributed by atoms with E-state index in [4.69, 9.17) is 0 Å². The average Bonchev–Trinajstić information content (AvgIpc) is 2.43. The van der Waals surface area contributed by atoms with Crippen LogP contribution in [0, 0.1) is 0 Å². The lowest BCUT2D eigenvalue weighted by atomic mass is 10.4. The Hall–Kier alpha value is -1.63. The Morgan fingerprint density at radius 1 is 1.32 bits per heavy atom. The molecule has 1 N–H and O–H groups in total. The van der Waals surface area contributed by atoms with Crippen molar-refractivity contribution in [3.63, 3.8) is 0 Å². The highest BCUT2D eigenvalue weighted by molar-refractivity contribution is 7.99. The van der Waals surface area contributed by atoms with Crippen LogP contribution < -0.4 is 5.32 Å². The molecule has 0 saturated heterocycles. The van der Waals surface area contributed by atoms with Crippen LogP contribution in [0.1, 0.15) is 13.8 Å². The lowest BCUT2D eigenvalue weighted by Gasteiger charge is -2.19. The van der Waals surface area contributed by atoms with Gasteiger partial charge in [0.2, 0.25) is 11.8 Å². The van der Waals surface area contributed by atoms with E-state index in [1.807, 2.05) is 13.8 Å². The van der Waals surface area contributed by atoms with Gasteiger partial charge >= 0.3 is 0 Å². The average molecular weight is 282 g/mol. The highest BCUT2D eigenvalue weighted by atomic mass is 32.2. The normalized spacial score (nSPS) is 10.0. The molecule has 1 heterocycles. The number of aromatic nitrogens is 2. The summed E-state index contributed by atoms with van der Waals surface area (Å²) >= 11 is 1.27. The molecule has 0 radical (unpaired) electrons. The van der Waals surface area contributed by atoms with E-state index in [9.17, 15) is 9.59 Å². The molecule has 1 aromatic rings. The van der Waals surface area contributed by atoms with E-state index in [-0.39, 0.29) is 24.1 Å². The Kier molecular flexibility index (Phi) is 6.88. The second-order valence-electron chi connectivity index (χ2n) is 3.68. The van der Waals surface area contributed by atoms with Gasteiger partial charge in [-0.3, -0.25) is 9.59 Å². The fourth-order valence-corrected chi connectivity index (χ4v) is 2.09. The van der Waals surface area contributed by atoms with Crippen LogP contribution in [0.3, 0.4) is 0 Å². The van der Waals surface area contributed by atoms with Gasteiger partial charge in [-0.1, -0.05) is 11.8 Å². The lowest BCUT2D eigenvalue weighted by Crippen LogP contribution is -2.41. The van der Waals surface area contributed by atoms with Gasteiger partial charge in [-0.25, -0.2) is 9.97 Å². The third-order valence-electron chi connectivity index (χ3n) is 2.31. The van der Waals surface area contributed by atoms with E-state index >= 15 is 0 Å². The van der Waals surface area contributed by atoms with Gasteiger partial charge in [0, 0.05) is 25.5 Å². The predicted octanol–water partition coefficient (Wildman–Crippen LogP) is 0.553. The SMILES string of the molecule is CCNC(=O)CN(CC)C(=O)CSc1ncccn1. The summed E-state index contributed by atoms with van der Waals surface area (Å²) in [6.45, 7) is 4.86. The molecule has 104 valence electrons. The Labute approximate surface area is 117 Å². The van der Waals surface area contributed by atoms with Crippen molar-refractivity contribution in [2.45, 2.75) is 19.0 Å². The van der Waals surface area contributed by atoms with Crippen LogP contribution in [0.15, 0.2) is 23.6 Å². The number of hydrogen-bond donors (Lipinski definition) is 1. The Balaban J connectivity index is 2.43. The molecule has 7 heteroatoms. The molecular weight excluding hydrogens is 264 g/mol. The first-order valence-corrected chi connectivity index (χ1v) is 7.10. The third-order valence-corrected chi connectivity index (χ3v) is 3.17. The molecule has 0 fully saturated rings. The van der Waals surface area contributed by atoms with Gasteiger partial charge in [0.1, 0.15) is 0 Å². The summed E-state index contributed by atoms with van der Waals surface area (Å²) in [6, 6.07) is 1.72. The number of carbonyl (C=O) groups is 2. The number of hydrogen-bond acceptors (Lipinski definition) is 5. The molecule has 6 nitrogen and oxygen atoms in total. The van der Waals surface area contributed by atoms with Crippen molar-refractivity contribution in [3.8, 4) is 0 Å². The van der Waals surface area contributed by atoms with Gasteiger partial charge < -0.3 is 10.2 Å². The van der Waals surface area contributed by atoms with Gasteiger partial charge in [-0.15, -0.1) is 0 Å². The molecule has 0 aromatic carbocycles. The van der Waals surface area contributed by atoms with Crippen molar-refractivity contribution in [1.82, 2.24) is 20.2 Å². The van der Waals surface area contributed by atoms with E-state index in [2.05, 4.69) is 15.3 Å². The second kappa shape index (κ2) is 8.47. The third kappa shape index (κ3) is 5.69. The number of amides is 2. The molecule has 19 heavy (non-hydrogen) atoms. The van der Waals surface area contributed by atoms with Crippen LogP contribution in [0.2, 0.25) is 0 Å². The quantitative estimate of drug-likeness (QED) is 0.584. The number of thioether (sulfide) groups is 1. The minimum atomic E-state index is -0.140. The molecule has 0 aliphatic rings. The smallest absolute Gasteiger partial charge is 0.239 e. The molecule has 2 amide bonds. The summed E-state index contributed by atoms with van der Waals surface area (Å²) in [6.07, 6.45) is 3.26. The second-order valence-corrected chi connectivity index (χ2v) is 4.62. The minimum Gasteiger partial charge on any atom is -0.355 e. The maximum atomic E-state index is 12.0. The molecule has 1 aromatic heterocycles. The lowest BCUT2D eigenvalue weighted by molar-refractivity contribution is -0.133. The monoisotopic (exact) mass is 282 g/mol.